The molecule has 1 fully saturated rings. The fourth-order valence-electron chi connectivity index (χ4n) is 2.28. The molecule has 6 nitrogen and oxygen atoms in total. The Morgan fingerprint density at radius 3 is 2.89 bits per heavy atom. The number of rotatable bonds is 1. The van der Waals surface area contributed by atoms with Gasteiger partial charge in [0, 0.05) is 12.8 Å². The van der Waals surface area contributed by atoms with E-state index in [-0.39, 0.29) is 17.0 Å². The maximum Gasteiger partial charge on any atom is 0.342 e. The number of carbonyl (C=O) groups is 3. The van der Waals surface area contributed by atoms with E-state index in [1.807, 2.05) is 0 Å². The molecule has 3 rings (SSSR count). The first-order valence-electron chi connectivity index (χ1n) is 5.48. The number of aromatic carboxylic acids is 1. The van der Waals surface area contributed by atoms with Crippen LogP contribution in [0, 0.1) is 0 Å². The minimum absolute atomic E-state index is 0.0434. The van der Waals surface area contributed by atoms with E-state index in [1.54, 1.807) is 0 Å². The van der Waals surface area contributed by atoms with Gasteiger partial charge in [-0.25, -0.2) is 9.59 Å². The highest BCUT2D eigenvalue weighted by Crippen LogP contribution is 2.35. The molecule has 0 saturated carbocycles. The second-order valence-electron chi connectivity index (χ2n) is 4.20. The van der Waals surface area contributed by atoms with Gasteiger partial charge in [0.1, 0.15) is 0 Å². The Morgan fingerprint density at radius 2 is 2.17 bits per heavy atom. The highest BCUT2D eigenvalue weighted by molar-refractivity contribution is 6.07. The molecule has 0 aromatic heterocycles. The van der Waals surface area contributed by atoms with Crippen LogP contribution in [-0.2, 0) is 9.53 Å². The second kappa shape index (κ2) is 3.56. The topological polar surface area (TPSA) is 83.9 Å². The normalized spacial score (nSPS) is 21.3. The van der Waals surface area contributed by atoms with Crippen LogP contribution in [-0.4, -0.2) is 29.2 Å². The van der Waals surface area contributed by atoms with Gasteiger partial charge in [0.05, 0.1) is 16.8 Å². The van der Waals surface area contributed by atoms with Crippen LogP contribution >= 0.6 is 0 Å². The first-order valence-corrected chi connectivity index (χ1v) is 5.48. The van der Waals surface area contributed by atoms with E-state index in [4.69, 9.17) is 9.84 Å². The molecule has 2 aliphatic heterocycles. The SMILES string of the molecule is O=C(O)c1ccc2c(c1)N1C(=O)CCC1OC2=O. The van der Waals surface area contributed by atoms with Crippen molar-refractivity contribution < 1.29 is 24.2 Å². The molecular formula is C12H9NO5. The Kier molecular flexibility index (Phi) is 2.13. The van der Waals surface area contributed by atoms with Crippen molar-refractivity contribution in [1.29, 1.82) is 0 Å². The Labute approximate surface area is 102 Å². The number of ether oxygens (including phenoxy) is 1. The van der Waals surface area contributed by atoms with Gasteiger partial charge >= 0.3 is 11.9 Å². The summed E-state index contributed by atoms with van der Waals surface area (Å²) in [5, 5.41) is 8.94. The smallest absolute Gasteiger partial charge is 0.342 e. The van der Waals surface area contributed by atoms with Gasteiger partial charge in [-0.2, -0.15) is 0 Å². The van der Waals surface area contributed by atoms with E-state index in [2.05, 4.69) is 0 Å². The predicted octanol–water partition coefficient (Wildman–Crippen LogP) is 1.01. The van der Waals surface area contributed by atoms with E-state index < -0.39 is 18.2 Å². The minimum Gasteiger partial charge on any atom is -0.478 e. The number of benzene rings is 1. The Hall–Kier alpha value is -2.37. The Morgan fingerprint density at radius 1 is 1.39 bits per heavy atom. The van der Waals surface area contributed by atoms with Crippen LogP contribution in [0.3, 0.4) is 0 Å². The fourth-order valence-corrected chi connectivity index (χ4v) is 2.28. The molecule has 0 aliphatic carbocycles. The number of carbonyl (C=O) groups excluding carboxylic acids is 2. The Bertz CT molecular complexity index is 580. The van der Waals surface area contributed by atoms with E-state index in [0.717, 1.165) is 0 Å². The highest BCUT2D eigenvalue weighted by atomic mass is 16.6. The summed E-state index contributed by atoms with van der Waals surface area (Å²) in [5.41, 5.74) is 0.604. The molecule has 6 heteroatoms. The number of anilines is 1. The lowest BCUT2D eigenvalue weighted by atomic mass is 10.1. The largest absolute Gasteiger partial charge is 0.478 e. The van der Waals surface area contributed by atoms with E-state index in [9.17, 15) is 14.4 Å². The van der Waals surface area contributed by atoms with Crippen LogP contribution in [0.2, 0.25) is 0 Å². The van der Waals surface area contributed by atoms with Crippen molar-refractivity contribution in [3.8, 4) is 0 Å². The molecule has 1 unspecified atom stereocenters. The van der Waals surface area contributed by atoms with Crippen molar-refractivity contribution in [2.75, 3.05) is 4.90 Å². The molecule has 2 heterocycles. The summed E-state index contributed by atoms with van der Waals surface area (Å²) in [6.07, 6.45) is 0.150. The second-order valence-corrected chi connectivity index (χ2v) is 4.20. The van der Waals surface area contributed by atoms with Crippen molar-refractivity contribution in [3.05, 3.63) is 29.3 Å². The number of fused-ring (bicyclic) bond motifs is 3. The van der Waals surface area contributed by atoms with Gasteiger partial charge in [0.25, 0.3) is 0 Å². The molecule has 92 valence electrons. The Balaban J connectivity index is 2.17. The van der Waals surface area contributed by atoms with Crippen molar-refractivity contribution in [2.45, 2.75) is 19.1 Å². The van der Waals surface area contributed by atoms with Gasteiger partial charge < -0.3 is 9.84 Å². The van der Waals surface area contributed by atoms with Gasteiger partial charge in [-0.05, 0) is 18.2 Å². The molecule has 1 aromatic rings. The number of esters is 1. The molecule has 18 heavy (non-hydrogen) atoms. The quantitative estimate of drug-likeness (QED) is 0.748. The monoisotopic (exact) mass is 247 g/mol. The first kappa shape index (κ1) is 10.8. The zero-order valence-corrected chi connectivity index (χ0v) is 9.25. The van der Waals surface area contributed by atoms with Crippen molar-refractivity contribution in [1.82, 2.24) is 0 Å². The van der Waals surface area contributed by atoms with Crippen LogP contribution in [0.1, 0.15) is 33.6 Å². The fraction of sp³-hybridized carbons (Fsp3) is 0.250. The summed E-state index contributed by atoms with van der Waals surface area (Å²) in [4.78, 5) is 35.7. The molecular weight excluding hydrogens is 238 g/mol. The lowest BCUT2D eigenvalue weighted by Gasteiger charge is -2.31. The number of hydrogen-bond acceptors (Lipinski definition) is 4. The van der Waals surface area contributed by atoms with E-state index >= 15 is 0 Å². The minimum atomic E-state index is -1.10. The van der Waals surface area contributed by atoms with Crippen molar-refractivity contribution >= 4 is 23.5 Å². The van der Waals surface area contributed by atoms with Gasteiger partial charge in [-0.1, -0.05) is 0 Å². The summed E-state index contributed by atoms with van der Waals surface area (Å²) in [6, 6.07) is 4.04. The van der Waals surface area contributed by atoms with Crippen molar-refractivity contribution in [3.63, 3.8) is 0 Å². The average Bonchev–Trinajstić information content (AvgIpc) is 2.70. The van der Waals surface area contributed by atoms with E-state index in [1.165, 1.54) is 23.1 Å². The van der Waals surface area contributed by atoms with Gasteiger partial charge in [0.2, 0.25) is 5.91 Å². The van der Waals surface area contributed by atoms with E-state index in [0.29, 0.717) is 18.5 Å². The van der Waals surface area contributed by atoms with Crippen LogP contribution in [0.15, 0.2) is 18.2 Å². The molecule has 2 aliphatic rings. The van der Waals surface area contributed by atoms with Gasteiger partial charge in [0.15, 0.2) is 6.23 Å². The summed E-state index contributed by atoms with van der Waals surface area (Å²) < 4.78 is 5.13. The van der Waals surface area contributed by atoms with Crippen LogP contribution < -0.4 is 4.90 Å². The number of carboxylic acid groups (broad SMARTS) is 1. The third-order valence-corrected chi connectivity index (χ3v) is 3.13. The third kappa shape index (κ3) is 1.38. The molecule has 0 radical (unpaired) electrons. The molecule has 1 aromatic carbocycles. The summed E-state index contributed by atoms with van der Waals surface area (Å²) in [7, 11) is 0. The highest BCUT2D eigenvalue weighted by Gasteiger charge is 2.41. The molecule has 1 atom stereocenters. The maximum absolute atomic E-state index is 11.7. The standard InChI is InChI=1S/C12H9NO5/c14-9-3-4-10-13(9)8-5-6(11(15)16)1-2-7(8)12(17)18-10/h1-2,5,10H,3-4H2,(H,15,16). The first-order chi connectivity index (χ1) is 8.58. The molecule has 1 saturated heterocycles. The summed E-state index contributed by atoms with van der Waals surface area (Å²) >= 11 is 0. The van der Waals surface area contributed by atoms with Gasteiger partial charge in [-0.15, -0.1) is 0 Å². The zero-order valence-electron chi connectivity index (χ0n) is 9.25. The van der Waals surface area contributed by atoms with Crippen molar-refractivity contribution in [2.24, 2.45) is 0 Å². The maximum atomic E-state index is 11.7. The summed E-state index contributed by atoms with van der Waals surface area (Å²) in [6.45, 7) is 0. The lowest BCUT2D eigenvalue weighted by molar-refractivity contribution is -0.117. The van der Waals surface area contributed by atoms with Crippen LogP contribution in [0.5, 0.6) is 0 Å². The number of nitrogens with zero attached hydrogens (tertiary/aromatic N) is 1. The number of carboxylic acids is 1. The lowest BCUT2D eigenvalue weighted by Crippen LogP contribution is -2.41. The van der Waals surface area contributed by atoms with Gasteiger partial charge in [-0.3, -0.25) is 9.69 Å². The summed E-state index contributed by atoms with van der Waals surface area (Å²) in [5.74, 6) is -1.77. The zero-order chi connectivity index (χ0) is 12.9. The molecule has 0 spiro atoms. The predicted molar refractivity (Wildman–Crippen MR) is 59.3 cm³/mol. The third-order valence-electron chi connectivity index (χ3n) is 3.13. The molecule has 1 N–H and O–H groups in total. The van der Waals surface area contributed by atoms with Crippen LogP contribution in [0.25, 0.3) is 0 Å². The molecule has 0 bridgehead atoms. The average molecular weight is 247 g/mol. The molecule has 1 amide bonds. The number of amides is 1. The number of hydrogen-bond donors (Lipinski definition) is 1. The van der Waals surface area contributed by atoms with Crippen LogP contribution in [0.4, 0.5) is 5.69 Å².